The van der Waals surface area contributed by atoms with Crippen molar-refractivity contribution in [2.45, 2.75) is 65.5 Å². The van der Waals surface area contributed by atoms with Gasteiger partial charge in [0.2, 0.25) is 11.7 Å². The quantitative estimate of drug-likeness (QED) is 0.699. The van der Waals surface area contributed by atoms with Gasteiger partial charge in [0.05, 0.1) is 31.4 Å². The van der Waals surface area contributed by atoms with Gasteiger partial charge in [0.15, 0.2) is 0 Å². The number of nitrogens with zero attached hydrogens (tertiary/aromatic N) is 3. The van der Waals surface area contributed by atoms with Crippen LogP contribution in [0.25, 0.3) is 0 Å². The molecule has 0 aromatic carbocycles. The third kappa shape index (κ3) is 3.22. The summed E-state index contributed by atoms with van der Waals surface area (Å²) in [5.74, 6) is 2.56. The lowest BCUT2D eigenvalue weighted by atomic mass is 9.84. The molecule has 1 atom stereocenters. The number of carbonyl (C=O) groups excluding carboxylic acids is 1. The van der Waals surface area contributed by atoms with Crippen molar-refractivity contribution in [1.82, 2.24) is 15.1 Å². The van der Waals surface area contributed by atoms with E-state index in [9.17, 15) is 4.79 Å². The van der Waals surface area contributed by atoms with Gasteiger partial charge in [-0.25, -0.2) is 9.88 Å². The monoisotopic (exact) mass is 368 g/mol. The van der Waals surface area contributed by atoms with Gasteiger partial charge in [-0.3, -0.25) is 9.89 Å². The Balaban J connectivity index is 1.72. The molecule has 2 aliphatic rings. The lowest BCUT2D eigenvalue weighted by Crippen LogP contribution is -2.38. The predicted molar refractivity (Wildman–Crippen MR) is 104 cm³/mol. The smallest absolute Gasteiger partial charge is 0.280 e. The van der Waals surface area contributed by atoms with Gasteiger partial charge in [0.25, 0.3) is 5.82 Å². The minimum Gasteiger partial charge on any atom is -0.332 e. The molecule has 4 bridgehead atoms. The van der Waals surface area contributed by atoms with Crippen LogP contribution in [-0.2, 0) is 24.9 Å². The third-order valence-corrected chi connectivity index (χ3v) is 6.23. The molecule has 2 aromatic rings. The van der Waals surface area contributed by atoms with Crippen LogP contribution >= 0.6 is 0 Å². The number of aromatic nitrogens is 3. The fourth-order valence-electron chi connectivity index (χ4n) is 4.43. The molecular formula is C21H30N5O+. The average molecular weight is 369 g/mol. The summed E-state index contributed by atoms with van der Waals surface area (Å²) in [6.07, 6.45) is 4.27. The molecule has 27 heavy (non-hydrogen) atoms. The van der Waals surface area contributed by atoms with E-state index in [0.717, 1.165) is 48.6 Å². The van der Waals surface area contributed by atoms with Crippen LogP contribution in [0.4, 0.5) is 11.6 Å². The van der Waals surface area contributed by atoms with Gasteiger partial charge in [-0.2, -0.15) is 0 Å². The molecule has 2 aliphatic heterocycles. The Morgan fingerprint density at radius 3 is 2.89 bits per heavy atom. The molecule has 0 spiro atoms. The second kappa shape index (κ2) is 6.66. The van der Waals surface area contributed by atoms with E-state index in [-0.39, 0.29) is 11.3 Å². The summed E-state index contributed by atoms with van der Waals surface area (Å²) in [5, 5.41) is 11.1. The van der Waals surface area contributed by atoms with Crippen molar-refractivity contribution in [3.63, 3.8) is 0 Å². The first kappa shape index (κ1) is 18.0. The number of H-pyrrole nitrogens is 1. The molecule has 1 unspecified atom stereocenters. The molecule has 0 radical (unpaired) electrons. The van der Waals surface area contributed by atoms with Crippen LogP contribution in [0.15, 0.2) is 18.2 Å². The number of pyridine rings is 1. The zero-order chi connectivity index (χ0) is 19.2. The van der Waals surface area contributed by atoms with Crippen molar-refractivity contribution in [1.29, 1.82) is 0 Å². The molecular weight excluding hydrogens is 338 g/mol. The molecule has 4 heterocycles. The molecule has 0 aliphatic carbocycles. The van der Waals surface area contributed by atoms with E-state index < -0.39 is 0 Å². The van der Waals surface area contributed by atoms with Crippen molar-refractivity contribution in [3.8, 4) is 0 Å². The summed E-state index contributed by atoms with van der Waals surface area (Å²) < 4.78 is 2.23. The van der Waals surface area contributed by atoms with Gasteiger partial charge in [0.1, 0.15) is 5.69 Å². The maximum Gasteiger partial charge on any atom is 0.280 e. The first-order chi connectivity index (χ1) is 12.9. The first-order valence-electron chi connectivity index (χ1n) is 9.98. The van der Waals surface area contributed by atoms with Gasteiger partial charge in [-0.15, -0.1) is 5.10 Å². The molecule has 0 saturated carbocycles. The topological polar surface area (TPSA) is 64.9 Å². The Labute approximate surface area is 161 Å². The highest BCUT2D eigenvalue weighted by atomic mass is 16.2. The van der Waals surface area contributed by atoms with Gasteiger partial charge >= 0.3 is 0 Å². The standard InChI is InChI=1S/C21H29N5O/c1-14-8-5-6-11-21(2,3)20(27)26-12-15-16(13-26)23-24-19(15)22-18-10-7-9-17(14)25(18)4/h7,9-10,14H,5-6,8,11-13H2,1-4H3,(H,23,24)/p+1. The minimum absolute atomic E-state index is 0.243. The molecule has 1 amide bonds. The van der Waals surface area contributed by atoms with Crippen molar-refractivity contribution in [2.75, 3.05) is 5.32 Å². The highest BCUT2D eigenvalue weighted by Gasteiger charge is 2.37. The Bertz CT molecular complexity index is 869. The van der Waals surface area contributed by atoms with Crippen molar-refractivity contribution in [2.24, 2.45) is 12.5 Å². The summed E-state index contributed by atoms with van der Waals surface area (Å²) in [5.41, 5.74) is 3.14. The Hall–Kier alpha value is -2.37. The molecule has 0 fully saturated rings. The van der Waals surface area contributed by atoms with Crippen LogP contribution in [0.5, 0.6) is 0 Å². The number of fused-ring (bicyclic) bond motifs is 3. The molecule has 2 aromatic heterocycles. The van der Waals surface area contributed by atoms with E-state index >= 15 is 0 Å². The molecule has 4 rings (SSSR count). The maximum atomic E-state index is 13.1. The van der Waals surface area contributed by atoms with Crippen molar-refractivity contribution < 1.29 is 9.36 Å². The molecule has 144 valence electrons. The van der Waals surface area contributed by atoms with Gasteiger partial charge in [-0.1, -0.05) is 39.7 Å². The SMILES string of the molecule is CC1CCCCC(C)(C)C(=O)N2Cc3[nH]nc(c3C2)Nc2cccc1[n+]2C. The summed E-state index contributed by atoms with van der Waals surface area (Å²) >= 11 is 0. The van der Waals surface area contributed by atoms with Crippen molar-refractivity contribution in [3.05, 3.63) is 35.2 Å². The van der Waals surface area contributed by atoms with Crippen LogP contribution in [0.2, 0.25) is 0 Å². The van der Waals surface area contributed by atoms with Gasteiger partial charge in [-0.05, 0) is 18.9 Å². The minimum atomic E-state index is -0.323. The maximum absolute atomic E-state index is 13.1. The van der Waals surface area contributed by atoms with Crippen LogP contribution in [0.1, 0.15) is 69.3 Å². The van der Waals surface area contributed by atoms with E-state index in [4.69, 9.17) is 0 Å². The zero-order valence-electron chi connectivity index (χ0n) is 16.8. The molecule has 6 nitrogen and oxygen atoms in total. The first-order valence-corrected chi connectivity index (χ1v) is 9.98. The summed E-state index contributed by atoms with van der Waals surface area (Å²) in [6.45, 7) is 7.70. The number of hydrogen-bond donors (Lipinski definition) is 2. The number of anilines is 2. The molecule has 6 heteroatoms. The lowest BCUT2D eigenvalue weighted by Gasteiger charge is -2.29. The average Bonchev–Trinajstić information content (AvgIpc) is 3.20. The third-order valence-electron chi connectivity index (χ3n) is 6.23. The number of rotatable bonds is 0. The zero-order valence-corrected chi connectivity index (χ0v) is 16.8. The highest BCUT2D eigenvalue weighted by molar-refractivity contribution is 5.82. The van der Waals surface area contributed by atoms with E-state index in [1.165, 1.54) is 5.69 Å². The Kier molecular flexibility index (Phi) is 4.44. The summed E-state index contributed by atoms with van der Waals surface area (Å²) in [7, 11) is 2.11. The lowest BCUT2D eigenvalue weighted by molar-refractivity contribution is -0.666. The molecule has 0 saturated heterocycles. The number of nitrogens with one attached hydrogen (secondary N) is 2. The Morgan fingerprint density at radius 2 is 2.07 bits per heavy atom. The van der Waals surface area contributed by atoms with E-state index in [1.807, 2.05) is 4.90 Å². The predicted octanol–water partition coefficient (Wildman–Crippen LogP) is 3.52. The molecule has 2 N–H and O–H groups in total. The summed E-state index contributed by atoms with van der Waals surface area (Å²) in [6, 6.07) is 6.40. The number of hydrogen-bond acceptors (Lipinski definition) is 3. The fraction of sp³-hybridized carbons (Fsp3) is 0.571. The fourth-order valence-corrected chi connectivity index (χ4v) is 4.43. The van der Waals surface area contributed by atoms with Crippen molar-refractivity contribution >= 4 is 17.5 Å². The Morgan fingerprint density at radius 1 is 1.26 bits per heavy atom. The second-order valence-electron chi connectivity index (χ2n) is 8.74. The summed E-state index contributed by atoms with van der Waals surface area (Å²) in [4.78, 5) is 15.1. The van der Waals surface area contributed by atoms with Crippen LogP contribution < -0.4 is 9.88 Å². The number of amides is 1. The van der Waals surface area contributed by atoms with Crippen LogP contribution in [-0.4, -0.2) is 21.0 Å². The van der Waals surface area contributed by atoms with Crippen LogP contribution in [0.3, 0.4) is 0 Å². The van der Waals surface area contributed by atoms with E-state index in [1.54, 1.807) is 0 Å². The van der Waals surface area contributed by atoms with E-state index in [2.05, 4.69) is 66.1 Å². The highest BCUT2D eigenvalue weighted by Crippen LogP contribution is 2.34. The normalized spacial score (nSPS) is 22.1. The van der Waals surface area contributed by atoms with Crippen LogP contribution in [0, 0.1) is 5.41 Å². The van der Waals surface area contributed by atoms with E-state index in [0.29, 0.717) is 19.0 Å². The van der Waals surface area contributed by atoms with Gasteiger partial charge < -0.3 is 4.90 Å². The number of aromatic amines is 1. The number of carbonyl (C=O) groups is 1. The largest absolute Gasteiger partial charge is 0.332 e. The second-order valence-corrected chi connectivity index (χ2v) is 8.74. The van der Waals surface area contributed by atoms with Gasteiger partial charge in [0, 0.05) is 17.4 Å².